The lowest BCUT2D eigenvalue weighted by Crippen LogP contribution is -2.38. The molecule has 8 heteroatoms. The number of sulfonamides is 1. The molecule has 4 N–H and O–H groups in total. The van der Waals surface area contributed by atoms with Gasteiger partial charge in [0.2, 0.25) is 10.0 Å². The third-order valence-electron chi connectivity index (χ3n) is 2.04. The SMILES string of the molecule is CC(C)(O)CNS(=O)(=O)c1cc(N)c(Br)cc1F. The Labute approximate surface area is 113 Å². The molecular weight excluding hydrogens is 327 g/mol. The molecule has 0 aliphatic rings. The largest absolute Gasteiger partial charge is 0.398 e. The topological polar surface area (TPSA) is 92.4 Å². The van der Waals surface area contributed by atoms with Crippen LogP contribution in [0, 0.1) is 5.82 Å². The van der Waals surface area contributed by atoms with Crippen molar-refractivity contribution in [3.63, 3.8) is 0 Å². The minimum Gasteiger partial charge on any atom is -0.398 e. The highest BCUT2D eigenvalue weighted by Gasteiger charge is 2.23. The Hall–Kier alpha value is -0.700. The molecule has 0 bridgehead atoms. The lowest BCUT2D eigenvalue weighted by atomic mass is 10.1. The van der Waals surface area contributed by atoms with E-state index in [1.807, 2.05) is 0 Å². The van der Waals surface area contributed by atoms with Gasteiger partial charge in [-0.3, -0.25) is 0 Å². The average molecular weight is 341 g/mol. The van der Waals surface area contributed by atoms with Gasteiger partial charge in [0.05, 0.1) is 5.60 Å². The van der Waals surface area contributed by atoms with Crippen molar-refractivity contribution in [2.24, 2.45) is 0 Å². The molecule has 102 valence electrons. The summed E-state index contributed by atoms with van der Waals surface area (Å²) in [6, 6.07) is 2.00. The van der Waals surface area contributed by atoms with Crippen LogP contribution in [0.4, 0.5) is 10.1 Å². The third-order valence-corrected chi connectivity index (χ3v) is 4.14. The summed E-state index contributed by atoms with van der Waals surface area (Å²) >= 11 is 3.00. The summed E-state index contributed by atoms with van der Waals surface area (Å²) in [7, 11) is -4.05. The fraction of sp³-hybridized carbons (Fsp3) is 0.400. The van der Waals surface area contributed by atoms with Gasteiger partial charge in [-0.2, -0.15) is 0 Å². The molecule has 0 aliphatic carbocycles. The average Bonchev–Trinajstić information content (AvgIpc) is 2.19. The van der Waals surface area contributed by atoms with Gasteiger partial charge in [-0.1, -0.05) is 0 Å². The van der Waals surface area contributed by atoms with Crippen LogP contribution < -0.4 is 10.5 Å². The number of hydrogen-bond donors (Lipinski definition) is 3. The summed E-state index contributed by atoms with van der Waals surface area (Å²) in [6.07, 6.45) is 0. The zero-order chi connectivity index (χ0) is 14.1. The van der Waals surface area contributed by atoms with E-state index in [2.05, 4.69) is 20.7 Å². The van der Waals surface area contributed by atoms with E-state index in [0.717, 1.165) is 12.1 Å². The van der Waals surface area contributed by atoms with Crippen LogP contribution in [0.25, 0.3) is 0 Å². The fourth-order valence-electron chi connectivity index (χ4n) is 1.10. The highest BCUT2D eigenvalue weighted by atomic mass is 79.9. The van der Waals surface area contributed by atoms with Crippen molar-refractivity contribution in [3.05, 3.63) is 22.4 Å². The standard InChI is InChI=1S/C10H14BrFN2O3S/c1-10(2,15)5-14-18(16,17)9-4-8(13)6(11)3-7(9)12/h3-4,14-15H,5,13H2,1-2H3. The monoisotopic (exact) mass is 340 g/mol. The number of hydrogen-bond acceptors (Lipinski definition) is 4. The summed E-state index contributed by atoms with van der Waals surface area (Å²) in [5, 5.41) is 9.44. The predicted molar refractivity (Wildman–Crippen MR) is 70.0 cm³/mol. The Morgan fingerprint density at radius 2 is 2.06 bits per heavy atom. The molecule has 0 atom stereocenters. The molecule has 18 heavy (non-hydrogen) atoms. The molecule has 0 radical (unpaired) electrons. The van der Waals surface area contributed by atoms with E-state index in [9.17, 15) is 17.9 Å². The lowest BCUT2D eigenvalue weighted by molar-refractivity contribution is 0.0857. The lowest BCUT2D eigenvalue weighted by Gasteiger charge is -2.18. The van der Waals surface area contributed by atoms with E-state index in [1.54, 1.807) is 0 Å². The highest BCUT2D eigenvalue weighted by molar-refractivity contribution is 9.10. The van der Waals surface area contributed by atoms with Gasteiger partial charge in [0, 0.05) is 16.7 Å². The second-order valence-electron chi connectivity index (χ2n) is 4.44. The van der Waals surface area contributed by atoms with Crippen LogP contribution in [0.2, 0.25) is 0 Å². The Morgan fingerprint density at radius 3 is 2.56 bits per heavy atom. The molecule has 0 saturated carbocycles. The van der Waals surface area contributed by atoms with Crippen LogP contribution in [0.15, 0.2) is 21.5 Å². The summed E-state index contributed by atoms with van der Waals surface area (Å²) in [4.78, 5) is -0.549. The van der Waals surface area contributed by atoms with Gasteiger partial charge < -0.3 is 10.8 Å². The third kappa shape index (κ3) is 3.91. The normalized spacial score (nSPS) is 12.7. The molecular formula is C10H14BrFN2O3S. The molecule has 0 unspecified atom stereocenters. The van der Waals surface area contributed by atoms with E-state index < -0.39 is 26.3 Å². The van der Waals surface area contributed by atoms with Gasteiger partial charge >= 0.3 is 0 Å². The summed E-state index contributed by atoms with van der Waals surface area (Å²) in [5.41, 5.74) is 4.39. The number of benzene rings is 1. The first-order valence-corrected chi connectivity index (χ1v) is 7.27. The molecule has 0 amide bonds. The number of halogens is 2. The second kappa shape index (κ2) is 5.12. The molecule has 1 aromatic carbocycles. The molecule has 1 rings (SSSR count). The van der Waals surface area contributed by atoms with Gasteiger partial charge in [-0.05, 0) is 41.9 Å². The van der Waals surface area contributed by atoms with E-state index in [-0.39, 0.29) is 16.7 Å². The van der Waals surface area contributed by atoms with E-state index >= 15 is 0 Å². The number of rotatable bonds is 4. The van der Waals surface area contributed by atoms with Crippen LogP contribution in [0.5, 0.6) is 0 Å². The predicted octanol–water partition coefficient (Wildman–Crippen LogP) is 1.22. The van der Waals surface area contributed by atoms with Crippen molar-refractivity contribution in [2.75, 3.05) is 12.3 Å². The number of nitrogens with two attached hydrogens (primary N) is 1. The van der Waals surface area contributed by atoms with Crippen LogP contribution in [-0.4, -0.2) is 25.7 Å². The zero-order valence-electron chi connectivity index (χ0n) is 9.87. The minimum atomic E-state index is -4.05. The highest BCUT2D eigenvalue weighted by Crippen LogP contribution is 2.26. The van der Waals surface area contributed by atoms with Gasteiger partial charge in [0.25, 0.3) is 0 Å². The Morgan fingerprint density at radius 1 is 1.50 bits per heavy atom. The van der Waals surface area contributed by atoms with Crippen LogP contribution in [-0.2, 0) is 10.0 Å². The van der Waals surface area contributed by atoms with Gasteiger partial charge in [-0.25, -0.2) is 17.5 Å². The van der Waals surface area contributed by atoms with E-state index in [4.69, 9.17) is 5.73 Å². The maximum absolute atomic E-state index is 13.6. The first-order valence-electron chi connectivity index (χ1n) is 4.99. The van der Waals surface area contributed by atoms with Crippen molar-refractivity contribution >= 4 is 31.6 Å². The molecule has 0 heterocycles. The maximum atomic E-state index is 13.6. The molecule has 1 aromatic rings. The smallest absolute Gasteiger partial charge is 0.243 e. The van der Waals surface area contributed by atoms with Crippen LogP contribution in [0.1, 0.15) is 13.8 Å². The van der Waals surface area contributed by atoms with Crippen molar-refractivity contribution in [1.82, 2.24) is 4.72 Å². The van der Waals surface area contributed by atoms with Crippen molar-refractivity contribution in [3.8, 4) is 0 Å². The first-order chi connectivity index (χ1) is 8.03. The van der Waals surface area contributed by atoms with Crippen LogP contribution >= 0.6 is 15.9 Å². The number of anilines is 1. The molecule has 0 spiro atoms. The summed E-state index contributed by atoms with van der Waals surface area (Å²) < 4.78 is 39.6. The molecule has 0 aromatic heterocycles. The maximum Gasteiger partial charge on any atom is 0.243 e. The van der Waals surface area contributed by atoms with Crippen molar-refractivity contribution in [2.45, 2.75) is 24.3 Å². The molecule has 5 nitrogen and oxygen atoms in total. The van der Waals surface area contributed by atoms with E-state index in [1.165, 1.54) is 13.8 Å². The van der Waals surface area contributed by atoms with Gasteiger partial charge in [0.1, 0.15) is 10.7 Å². The number of nitrogens with one attached hydrogen (secondary N) is 1. The zero-order valence-corrected chi connectivity index (χ0v) is 12.3. The Kier molecular flexibility index (Phi) is 4.37. The summed E-state index contributed by atoms with van der Waals surface area (Å²) in [6.45, 7) is 2.63. The Balaban J connectivity index is 3.10. The number of nitrogen functional groups attached to an aromatic ring is 1. The van der Waals surface area contributed by atoms with Crippen molar-refractivity contribution < 1.29 is 17.9 Å². The first kappa shape index (κ1) is 15.4. The van der Waals surface area contributed by atoms with Crippen LogP contribution in [0.3, 0.4) is 0 Å². The number of aliphatic hydroxyl groups is 1. The van der Waals surface area contributed by atoms with Gasteiger partial charge in [0.15, 0.2) is 0 Å². The Bertz CT molecular complexity index is 555. The van der Waals surface area contributed by atoms with Crippen molar-refractivity contribution in [1.29, 1.82) is 0 Å². The molecule has 0 aliphatic heterocycles. The fourth-order valence-corrected chi connectivity index (χ4v) is 2.71. The summed E-state index contributed by atoms with van der Waals surface area (Å²) in [5.74, 6) is -0.917. The second-order valence-corrected chi connectivity index (χ2v) is 7.03. The molecule has 0 saturated heterocycles. The minimum absolute atomic E-state index is 0.111. The van der Waals surface area contributed by atoms with Gasteiger partial charge in [-0.15, -0.1) is 0 Å². The molecule has 0 fully saturated rings. The van der Waals surface area contributed by atoms with E-state index in [0.29, 0.717) is 0 Å². The quantitative estimate of drug-likeness (QED) is 0.718.